The first-order chi connectivity index (χ1) is 12.0. The van der Waals surface area contributed by atoms with Crippen molar-refractivity contribution in [2.24, 2.45) is 0 Å². The molecule has 0 saturated carbocycles. The van der Waals surface area contributed by atoms with E-state index in [1.54, 1.807) is 43.3 Å². The van der Waals surface area contributed by atoms with Gasteiger partial charge in [-0.2, -0.15) is 0 Å². The first-order valence-corrected chi connectivity index (χ1v) is 7.92. The number of carbonyl (C=O) groups is 2. The van der Waals surface area contributed by atoms with Crippen molar-refractivity contribution in [1.82, 2.24) is 5.32 Å². The summed E-state index contributed by atoms with van der Waals surface area (Å²) >= 11 is 0. The Bertz CT molecular complexity index is 700. The number of amides is 1. The lowest BCUT2D eigenvalue weighted by Crippen LogP contribution is -2.37. The lowest BCUT2D eigenvalue weighted by Gasteiger charge is -2.19. The number of para-hydroxylation sites is 1. The number of hydrogen-bond donors (Lipinski definition) is 2. The predicted molar refractivity (Wildman–Crippen MR) is 92.7 cm³/mol. The highest BCUT2D eigenvalue weighted by atomic mass is 16.5. The molecule has 0 aliphatic carbocycles. The summed E-state index contributed by atoms with van der Waals surface area (Å²) < 4.78 is 10.7. The van der Waals surface area contributed by atoms with Crippen molar-refractivity contribution in [2.75, 3.05) is 6.61 Å². The number of carboxylic acid groups (broad SMARTS) is 1. The minimum Gasteiger partial charge on any atom is -0.482 e. The van der Waals surface area contributed by atoms with Crippen LogP contribution in [-0.4, -0.2) is 29.7 Å². The van der Waals surface area contributed by atoms with E-state index >= 15 is 0 Å². The molecule has 2 rings (SSSR count). The molecular weight excluding hydrogens is 322 g/mol. The Balaban J connectivity index is 1.88. The van der Waals surface area contributed by atoms with E-state index in [2.05, 4.69) is 5.32 Å². The SMILES string of the molecule is CC(Oc1ccccc1)C(=O)NC(C)c1ccc(OCC(=O)O)cc1. The van der Waals surface area contributed by atoms with E-state index in [-0.39, 0.29) is 18.6 Å². The van der Waals surface area contributed by atoms with E-state index in [4.69, 9.17) is 14.6 Å². The third-order valence-electron chi connectivity index (χ3n) is 3.53. The highest BCUT2D eigenvalue weighted by Crippen LogP contribution is 2.18. The van der Waals surface area contributed by atoms with Crippen LogP contribution in [0.5, 0.6) is 11.5 Å². The Labute approximate surface area is 146 Å². The Kier molecular flexibility index (Phi) is 6.39. The average Bonchev–Trinajstić information content (AvgIpc) is 2.61. The van der Waals surface area contributed by atoms with Gasteiger partial charge in [0.15, 0.2) is 12.7 Å². The van der Waals surface area contributed by atoms with E-state index < -0.39 is 12.1 Å². The molecule has 25 heavy (non-hydrogen) atoms. The fourth-order valence-corrected chi connectivity index (χ4v) is 2.17. The van der Waals surface area contributed by atoms with E-state index in [1.165, 1.54) is 0 Å². The summed E-state index contributed by atoms with van der Waals surface area (Å²) in [4.78, 5) is 22.7. The summed E-state index contributed by atoms with van der Waals surface area (Å²) in [6.45, 7) is 3.16. The first-order valence-electron chi connectivity index (χ1n) is 7.92. The highest BCUT2D eigenvalue weighted by molar-refractivity contribution is 5.81. The summed E-state index contributed by atoms with van der Waals surface area (Å²) in [5, 5.41) is 11.5. The van der Waals surface area contributed by atoms with Crippen molar-refractivity contribution in [3.8, 4) is 11.5 Å². The molecule has 0 fully saturated rings. The van der Waals surface area contributed by atoms with Gasteiger partial charge < -0.3 is 19.9 Å². The van der Waals surface area contributed by atoms with E-state index in [1.807, 2.05) is 25.1 Å². The van der Waals surface area contributed by atoms with Gasteiger partial charge in [-0.25, -0.2) is 4.79 Å². The van der Waals surface area contributed by atoms with Gasteiger partial charge in [-0.05, 0) is 43.7 Å². The molecule has 2 aromatic carbocycles. The molecule has 0 spiro atoms. The minimum atomic E-state index is -1.03. The minimum absolute atomic E-state index is 0.220. The van der Waals surface area contributed by atoms with E-state index in [9.17, 15) is 9.59 Å². The quantitative estimate of drug-likeness (QED) is 0.770. The topological polar surface area (TPSA) is 84.9 Å². The van der Waals surface area contributed by atoms with Crippen LogP contribution in [0.4, 0.5) is 0 Å². The van der Waals surface area contributed by atoms with E-state index in [0.717, 1.165) is 5.56 Å². The number of hydrogen-bond acceptors (Lipinski definition) is 4. The van der Waals surface area contributed by atoms with Crippen LogP contribution in [-0.2, 0) is 9.59 Å². The van der Waals surface area contributed by atoms with Gasteiger partial charge in [0.2, 0.25) is 0 Å². The molecule has 2 unspecified atom stereocenters. The van der Waals surface area contributed by atoms with Crippen molar-refractivity contribution < 1.29 is 24.2 Å². The van der Waals surface area contributed by atoms with Gasteiger partial charge in [-0.15, -0.1) is 0 Å². The summed E-state index contributed by atoms with van der Waals surface area (Å²) in [5.41, 5.74) is 0.878. The van der Waals surface area contributed by atoms with Crippen LogP contribution < -0.4 is 14.8 Å². The zero-order valence-electron chi connectivity index (χ0n) is 14.1. The molecule has 0 aliphatic rings. The molecule has 2 N–H and O–H groups in total. The lowest BCUT2D eigenvalue weighted by molar-refractivity contribution is -0.139. The molecule has 2 aromatic rings. The molecule has 0 aromatic heterocycles. The number of benzene rings is 2. The molecule has 6 nitrogen and oxygen atoms in total. The fraction of sp³-hybridized carbons (Fsp3) is 0.263. The van der Waals surface area contributed by atoms with Crippen LogP contribution >= 0.6 is 0 Å². The van der Waals surface area contributed by atoms with Gasteiger partial charge in [-0.1, -0.05) is 30.3 Å². The van der Waals surface area contributed by atoms with Gasteiger partial charge in [0.05, 0.1) is 6.04 Å². The summed E-state index contributed by atoms with van der Waals surface area (Å²) in [6, 6.07) is 15.8. The Morgan fingerprint density at radius 1 is 1.00 bits per heavy atom. The van der Waals surface area contributed by atoms with Gasteiger partial charge in [0.1, 0.15) is 11.5 Å². The second-order valence-electron chi connectivity index (χ2n) is 5.55. The average molecular weight is 343 g/mol. The molecule has 0 aliphatic heterocycles. The van der Waals surface area contributed by atoms with Gasteiger partial charge in [-0.3, -0.25) is 4.79 Å². The van der Waals surface area contributed by atoms with Crippen LogP contribution in [0, 0.1) is 0 Å². The van der Waals surface area contributed by atoms with Crippen LogP contribution in [0.25, 0.3) is 0 Å². The van der Waals surface area contributed by atoms with Crippen molar-refractivity contribution in [1.29, 1.82) is 0 Å². The zero-order valence-corrected chi connectivity index (χ0v) is 14.1. The molecular formula is C19H21NO5. The lowest BCUT2D eigenvalue weighted by atomic mass is 10.1. The Morgan fingerprint density at radius 3 is 2.24 bits per heavy atom. The maximum atomic E-state index is 12.2. The maximum Gasteiger partial charge on any atom is 0.341 e. The van der Waals surface area contributed by atoms with Gasteiger partial charge in [0, 0.05) is 0 Å². The largest absolute Gasteiger partial charge is 0.482 e. The second-order valence-corrected chi connectivity index (χ2v) is 5.55. The smallest absolute Gasteiger partial charge is 0.341 e. The van der Waals surface area contributed by atoms with Gasteiger partial charge in [0.25, 0.3) is 5.91 Å². The number of carboxylic acids is 1. The van der Waals surface area contributed by atoms with Crippen molar-refractivity contribution in [3.63, 3.8) is 0 Å². The van der Waals surface area contributed by atoms with Crippen LogP contribution in [0.15, 0.2) is 54.6 Å². The monoisotopic (exact) mass is 343 g/mol. The van der Waals surface area contributed by atoms with Crippen molar-refractivity contribution in [3.05, 3.63) is 60.2 Å². The number of ether oxygens (including phenoxy) is 2. The molecule has 1 amide bonds. The molecule has 0 radical (unpaired) electrons. The number of aliphatic carboxylic acids is 1. The summed E-state index contributed by atoms with van der Waals surface area (Å²) in [6.07, 6.45) is -0.622. The molecule has 0 heterocycles. The molecule has 132 valence electrons. The standard InChI is InChI=1S/C19H21NO5/c1-13(15-8-10-16(11-9-15)24-12-18(21)22)20-19(23)14(2)25-17-6-4-3-5-7-17/h3-11,13-14H,12H2,1-2H3,(H,20,23)(H,21,22). The normalized spacial score (nSPS) is 12.7. The Morgan fingerprint density at radius 2 is 1.64 bits per heavy atom. The molecule has 2 atom stereocenters. The van der Waals surface area contributed by atoms with Crippen LogP contribution in [0.1, 0.15) is 25.5 Å². The molecule has 0 bridgehead atoms. The maximum absolute atomic E-state index is 12.2. The van der Waals surface area contributed by atoms with Crippen LogP contribution in [0.2, 0.25) is 0 Å². The third kappa shape index (κ3) is 5.84. The van der Waals surface area contributed by atoms with Crippen LogP contribution in [0.3, 0.4) is 0 Å². The number of carbonyl (C=O) groups excluding carboxylic acids is 1. The van der Waals surface area contributed by atoms with Gasteiger partial charge >= 0.3 is 5.97 Å². The second kappa shape index (κ2) is 8.73. The van der Waals surface area contributed by atoms with E-state index in [0.29, 0.717) is 11.5 Å². The number of nitrogens with one attached hydrogen (secondary N) is 1. The highest BCUT2D eigenvalue weighted by Gasteiger charge is 2.17. The summed E-state index contributed by atoms with van der Waals surface area (Å²) in [5.74, 6) is -0.150. The third-order valence-corrected chi connectivity index (χ3v) is 3.53. The molecule has 0 saturated heterocycles. The van der Waals surface area contributed by atoms with Crippen molar-refractivity contribution in [2.45, 2.75) is 26.0 Å². The first kappa shape index (κ1) is 18.3. The fourth-order valence-electron chi connectivity index (χ4n) is 2.17. The zero-order chi connectivity index (χ0) is 18.2. The number of rotatable bonds is 8. The molecule has 6 heteroatoms. The predicted octanol–water partition coefficient (Wildman–Crippen LogP) is 2.79. The Hall–Kier alpha value is -3.02. The van der Waals surface area contributed by atoms with Crippen molar-refractivity contribution >= 4 is 11.9 Å². The summed E-state index contributed by atoms with van der Waals surface area (Å²) in [7, 11) is 0.